The number of rotatable bonds is 9. The molecule has 0 saturated heterocycles. The Balaban J connectivity index is 3.89. The van der Waals surface area contributed by atoms with Crippen LogP contribution in [-0.4, -0.2) is 37.1 Å². The van der Waals surface area contributed by atoms with Crippen molar-refractivity contribution in [3.05, 3.63) is 0 Å². The fourth-order valence-electron chi connectivity index (χ4n) is 0.987. The van der Waals surface area contributed by atoms with Crippen LogP contribution in [0, 0.1) is 0 Å². The molecule has 0 aromatic heterocycles. The van der Waals surface area contributed by atoms with Crippen LogP contribution < -0.4 is 0 Å². The summed E-state index contributed by atoms with van der Waals surface area (Å²) < 4.78 is 17.0. The van der Waals surface area contributed by atoms with Crippen molar-refractivity contribution in [1.82, 2.24) is 0 Å². The van der Waals surface area contributed by atoms with E-state index in [4.69, 9.17) is 13.6 Å². The molecular weight excluding hydrogens is 194 g/mol. The second kappa shape index (κ2) is 9.16. The van der Waals surface area contributed by atoms with E-state index in [1.165, 1.54) is 0 Å². The average Bonchev–Trinajstić information content (AvgIpc) is 2.21. The molecule has 0 radical (unpaired) electrons. The summed E-state index contributed by atoms with van der Waals surface area (Å²) in [6.45, 7) is 8.47. The molecule has 0 saturated carbocycles. The maximum atomic E-state index is 5.68. The van der Waals surface area contributed by atoms with Gasteiger partial charge in [0.05, 0.1) is 0 Å². The Morgan fingerprint density at radius 1 is 0.786 bits per heavy atom. The molecular formula is C9H22LiO3P. The second-order valence-electron chi connectivity index (χ2n) is 3.41. The summed E-state index contributed by atoms with van der Waals surface area (Å²) in [5, 5.41) is 0. The van der Waals surface area contributed by atoms with Crippen molar-refractivity contribution in [3.8, 4) is 0 Å². The van der Waals surface area contributed by atoms with Crippen molar-refractivity contribution in [2.24, 2.45) is 0 Å². The standard InChI is InChI=1S/C9H22O3P.Li/c1-4-7-10-13(11-8-5-2)12-9-6-3;/h13H,4-9H2,1-3H3;/q+1;-1. The van der Waals surface area contributed by atoms with E-state index in [0.717, 1.165) is 39.1 Å². The van der Waals surface area contributed by atoms with Crippen LogP contribution in [0.15, 0.2) is 0 Å². The summed E-state index contributed by atoms with van der Waals surface area (Å²) in [4.78, 5) is 0. The van der Waals surface area contributed by atoms with Gasteiger partial charge in [-0.05, 0) is 0 Å². The van der Waals surface area contributed by atoms with Gasteiger partial charge in [-0.15, -0.1) is 0 Å². The van der Waals surface area contributed by atoms with Crippen molar-refractivity contribution in [3.63, 3.8) is 0 Å². The van der Waals surface area contributed by atoms with Gasteiger partial charge in [-0.3, -0.25) is 0 Å². The van der Waals surface area contributed by atoms with Crippen LogP contribution in [0.4, 0.5) is 0 Å². The molecule has 0 fully saturated rings. The van der Waals surface area contributed by atoms with Gasteiger partial charge in [0.1, 0.15) is 0 Å². The predicted molar refractivity (Wildman–Crippen MR) is 62.8 cm³/mol. The molecule has 0 unspecified atom stereocenters. The van der Waals surface area contributed by atoms with Crippen LogP contribution in [0.1, 0.15) is 40.0 Å². The zero-order valence-electron chi connectivity index (χ0n) is 9.97. The first-order chi connectivity index (χ1) is 6.68. The summed E-state index contributed by atoms with van der Waals surface area (Å²) in [7, 11) is 0. The van der Waals surface area contributed by atoms with E-state index in [2.05, 4.69) is 20.8 Å². The minimum atomic E-state index is -2.31. The molecule has 82 valence electrons. The molecule has 14 heavy (non-hydrogen) atoms. The third-order valence-corrected chi connectivity index (χ3v) is 3.89. The molecule has 0 aromatic rings. The zero-order chi connectivity index (χ0) is 10.9. The van der Waals surface area contributed by atoms with Crippen molar-refractivity contribution >= 4 is 23.6 Å². The van der Waals surface area contributed by atoms with Crippen molar-refractivity contribution in [2.45, 2.75) is 40.0 Å². The quantitative estimate of drug-likeness (QED) is 0.438. The molecule has 0 aromatic carbocycles. The molecule has 0 N–H and O–H groups in total. The summed E-state index contributed by atoms with van der Waals surface area (Å²) >= 11 is 1.98. The third kappa shape index (κ3) is 7.23. The fraction of sp³-hybridized carbons (Fsp3) is 1.00. The van der Waals surface area contributed by atoms with Crippen molar-refractivity contribution in [2.75, 3.05) is 19.8 Å². The fourth-order valence-corrected chi connectivity index (χ4v) is 2.96. The summed E-state index contributed by atoms with van der Waals surface area (Å²) in [6.07, 6.45) is 0.710. The topological polar surface area (TPSA) is 27.7 Å². The molecule has 0 aliphatic carbocycles. The Hall–Kier alpha value is 0.907. The van der Waals surface area contributed by atoms with E-state index in [1.54, 1.807) is 0 Å². The first-order valence-corrected chi connectivity index (χ1v) is 7.82. The van der Waals surface area contributed by atoms with E-state index < -0.39 is 6.37 Å². The Labute approximate surface area is 97.2 Å². The third-order valence-electron chi connectivity index (χ3n) is 1.71. The molecule has 0 spiro atoms. The Bertz CT molecular complexity index is 113. The van der Waals surface area contributed by atoms with Crippen LogP contribution >= 0.6 is 6.37 Å². The van der Waals surface area contributed by atoms with Crippen LogP contribution in [0.25, 0.3) is 0 Å². The first-order valence-electron chi connectivity index (χ1n) is 5.60. The predicted octanol–water partition coefficient (Wildman–Crippen LogP) is 2.84. The van der Waals surface area contributed by atoms with Gasteiger partial charge >= 0.3 is 97.0 Å². The average molecular weight is 216 g/mol. The van der Waals surface area contributed by atoms with E-state index in [1.807, 2.05) is 17.2 Å². The minimum absolute atomic E-state index is 0.732. The van der Waals surface area contributed by atoms with Crippen molar-refractivity contribution < 1.29 is 13.6 Å². The van der Waals surface area contributed by atoms with E-state index in [-0.39, 0.29) is 0 Å². The monoisotopic (exact) mass is 216 g/mol. The molecule has 0 heterocycles. The Morgan fingerprint density at radius 3 is 1.29 bits per heavy atom. The van der Waals surface area contributed by atoms with Gasteiger partial charge in [0, 0.05) is 0 Å². The van der Waals surface area contributed by atoms with Gasteiger partial charge < -0.3 is 0 Å². The molecule has 0 amide bonds. The van der Waals surface area contributed by atoms with Gasteiger partial charge in [-0.2, -0.15) is 0 Å². The molecule has 5 heteroatoms. The van der Waals surface area contributed by atoms with E-state index >= 15 is 0 Å². The Kier molecular flexibility index (Phi) is 9.75. The van der Waals surface area contributed by atoms with Crippen molar-refractivity contribution in [1.29, 1.82) is 0 Å². The molecule has 3 nitrogen and oxygen atoms in total. The molecule has 0 rings (SSSR count). The molecule has 0 aliphatic heterocycles. The summed E-state index contributed by atoms with van der Waals surface area (Å²) in [5.41, 5.74) is 0. The second-order valence-corrected chi connectivity index (χ2v) is 6.00. The molecule has 0 aliphatic rings. The van der Waals surface area contributed by atoms with Gasteiger partial charge in [0.25, 0.3) is 0 Å². The van der Waals surface area contributed by atoms with Gasteiger partial charge in [0.2, 0.25) is 0 Å². The number of hydrogen-bond donors (Lipinski definition) is 0. The molecule has 0 bridgehead atoms. The van der Waals surface area contributed by atoms with Crippen LogP contribution in [0.2, 0.25) is 0 Å². The van der Waals surface area contributed by atoms with E-state index in [9.17, 15) is 0 Å². The summed E-state index contributed by atoms with van der Waals surface area (Å²) in [6, 6.07) is 0. The summed E-state index contributed by atoms with van der Waals surface area (Å²) in [5.74, 6) is 0. The molecule has 0 atom stereocenters. The van der Waals surface area contributed by atoms with E-state index in [0.29, 0.717) is 0 Å². The zero-order valence-corrected chi connectivity index (χ0v) is 11.0. The maximum absolute atomic E-state index is 5.68. The Morgan fingerprint density at radius 2 is 1.07 bits per heavy atom. The number of hydrogen-bond acceptors (Lipinski definition) is 3. The van der Waals surface area contributed by atoms with Crippen LogP contribution in [0.5, 0.6) is 0 Å². The first kappa shape index (κ1) is 14.9. The van der Waals surface area contributed by atoms with Crippen LogP contribution in [0.3, 0.4) is 0 Å². The normalized spacial score (nSPS) is 13.2. The van der Waals surface area contributed by atoms with Crippen LogP contribution in [-0.2, 0) is 13.6 Å². The van der Waals surface area contributed by atoms with Gasteiger partial charge in [-0.1, -0.05) is 0 Å². The SMILES string of the molecule is [Li][PH](OCCC)(OCCC)OCCC. The van der Waals surface area contributed by atoms with Gasteiger partial charge in [0.15, 0.2) is 0 Å². The van der Waals surface area contributed by atoms with Gasteiger partial charge in [-0.25, -0.2) is 0 Å².